The van der Waals surface area contributed by atoms with Crippen molar-refractivity contribution in [3.63, 3.8) is 0 Å². The van der Waals surface area contributed by atoms with Gasteiger partial charge in [-0.05, 0) is 67.6 Å². The maximum absolute atomic E-state index is 13.2. The fraction of sp³-hybridized carbons (Fsp3) is 0.500. The maximum atomic E-state index is 13.2. The summed E-state index contributed by atoms with van der Waals surface area (Å²) >= 11 is 0. The zero-order valence-corrected chi connectivity index (χ0v) is 18.6. The second-order valence-corrected chi connectivity index (χ2v) is 9.53. The van der Waals surface area contributed by atoms with Crippen LogP contribution in [0.15, 0.2) is 54.6 Å². The van der Waals surface area contributed by atoms with E-state index in [1.165, 1.54) is 19.4 Å². The number of anilines is 1. The molecule has 0 saturated carbocycles. The molecule has 4 unspecified atom stereocenters. The first-order chi connectivity index (χ1) is 15.7. The van der Waals surface area contributed by atoms with E-state index < -0.39 is 0 Å². The minimum Gasteiger partial charge on any atom is -0.369 e. The topological polar surface area (TPSA) is 38.8 Å². The first-order valence-corrected chi connectivity index (χ1v) is 12.0. The Morgan fingerprint density at radius 1 is 0.969 bits per heavy atom. The number of hydrogen-bond donors (Lipinski definition) is 1. The van der Waals surface area contributed by atoms with Gasteiger partial charge in [0, 0.05) is 63.1 Å². The molecule has 4 aliphatic heterocycles. The molecule has 4 atom stereocenters. The summed E-state index contributed by atoms with van der Waals surface area (Å²) in [6.07, 6.45) is 2.47. The summed E-state index contributed by atoms with van der Waals surface area (Å²) in [5.41, 5.74) is 1.86. The van der Waals surface area contributed by atoms with Gasteiger partial charge in [0.1, 0.15) is 5.82 Å². The number of nitrogens with zero attached hydrogens (tertiary/aromatic N) is 3. The molecule has 0 spiro atoms. The molecule has 2 aromatic carbocycles. The van der Waals surface area contributed by atoms with Gasteiger partial charge in [0.25, 0.3) is 5.91 Å². The van der Waals surface area contributed by atoms with Gasteiger partial charge < -0.3 is 10.2 Å². The molecule has 6 rings (SSSR count). The lowest BCUT2D eigenvalue weighted by molar-refractivity contribution is -0.0120. The standard InChI is InChI=1S/C26H33FN4O/c27-23-6-8-24(9-7-23)30-14-12-29(13-15-30)18-22-19-31-11-10-21(22)16-25(31)17-28-26(32)20-4-2-1-3-5-20/h1-9,21-22,25H,10-19H2,(H,28,32). The number of piperazine rings is 1. The average Bonchev–Trinajstić information content (AvgIpc) is 2.85. The van der Waals surface area contributed by atoms with Crippen molar-refractivity contribution < 1.29 is 9.18 Å². The summed E-state index contributed by atoms with van der Waals surface area (Å²) in [7, 11) is 0. The molecule has 1 amide bonds. The van der Waals surface area contributed by atoms with Gasteiger partial charge in [-0.25, -0.2) is 4.39 Å². The molecular weight excluding hydrogens is 403 g/mol. The highest BCUT2D eigenvalue weighted by Crippen LogP contribution is 2.36. The first-order valence-electron chi connectivity index (χ1n) is 12.0. The minimum atomic E-state index is -0.173. The molecule has 2 bridgehead atoms. The van der Waals surface area contributed by atoms with Crippen molar-refractivity contribution in [2.45, 2.75) is 18.9 Å². The van der Waals surface area contributed by atoms with Crippen LogP contribution in [-0.4, -0.2) is 74.1 Å². The zero-order valence-electron chi connectivity index (χ0n) is 18.6. The molecule has 5 nitrogen and oxygen atoms in total. The van der Waals surface area contributed by atoms with Crippen LogP contribution in [0.25, 0.3) is 0 Å². The van der Waals surface area contributed by atoms with E-state index in [2.05, 4.69) is 20.0 Å². The van der Waals surface area contributed by atoms with Crippen LogP contribution in [0, 0.1) is 17.7 Å². The van der Waals surface area contributed by atoms with Gasteiger partial charge in [0.2, 0.25) is 0 Å². The molecule has 4 heterocycles. The number of hydrogen-bond acceptors (Lipinski definition) is 4. The fourth-order valence-corrected chi connectivity index (χ4v) is 5.74. The molecule has 0 aliphatic carbocycles. The number of amides is 1. The van der Waals surface area contributed by atoms with E-state index in [1.807, 2.05) is 42.5 Å². The molecule has 1 N–H and O–H groups in total. The zero-order chi connectivity index (χ0) is 21.9. The monoisotopic (exact) mass is 436 g/mol. The van der Waals surface area contributed by atoms with Crippen LogP contribution >= 0.6 is 0 Å². The SMILES string of the molecule is O=C(NCC1CC2CCN1CC2CN1CCN(c2ccc(F)cc2)CC1)c1ccccc1. The largest absolute Gasteiger partial charge is 0.369 e. The smallest absolute Gasteiger partial charge is 0.251 e. The second kappa shape index (κ2) is 9.59. The van der Waals surface area contributed by atoms with Crippen LogP contribution in [-0.2, 0) is 0 Å². The molecule has 4 saturated heterocycles. The number of nitrogens with one attached hydrogen (secondary N) is 1. The Bertz CT molecular complexity index is 898. The van der Waals surface area contributed by atoms with Crippen LogP contribution in [0.3, 0.4) is 0 Å². The molecular formula is C26H33FN4O. The summed E-state index contributed by atoms with van der Waals surface area (Å²) in [5.74, 6) is 1.34. The van der Waals surface area contributed by atoms with E-state index in [1.54, 1.807) is 12.1 Å². The fourth-order valence-electron chi connectivity index (χ4n) is 5.74. The van der Waals surface area contributed by atoms with E-state index in [-0.39, 0.29) is 11.7 Å². The van der Waals surface area contributed by atoms with Crippen LogP contribution in [0.2, 0.25) is 0 Å². The Balaban J connectivity index is 1.08. The molecule has 170 valence electrons. The van der Waals surface area contributed by atoms with Crippen LogP contribution in [0.5, 0.6) is 0 Å². The number of carbonyl (C=O) groups excluding carboxylic acids is 1. The predicted octanol–water partition coefficient (Wildman–Crippen LogP) is 3.09. The highest BCUT2D eigenvalue weighted by atomic mass is 19.1. The van der Waals surface area contributed by atoms with Gasteiger partial charge in [0.15, 0.2) is 0 Å². The van der Waals surface area contributed by atoms with Crippen molar-refractivity contribution in [1.29, 1.82) is 0 Å². The lowest BCUT2D eigenvalue weighted by Crippen LogP contribution is -2.59. The Kier molecular flexibility index (Phi) is 6.42. The van der Waals surface area contributed by atoms with E-state index in [0.717, 1.165) is 68.9 Å². The van der Waals surface area contributed by atoms with Gasteiger partial charge in [-0.3, -0.25) is 14.6 Å². The normalized spacial score (nSPS) is 28.0. The summed E-state index contributed by atoms with van der Waals surface area (Å²) in [4.78, 5) is 20.0. The van der Waals surface area contributed by atoms with Gasteiger partial charge in [0.05, 0.1) is 0 Å². The summed E-state index contributed by atoms with van der Waals surface area (Å²) < 4.78 is 13.2. The lowest BCUT2D eigenvalue weighted by Gasteiger charge is -2.51. The van der Waals surface area contributed by atoms with Crippen molar-refractivity contribution in [3.05, 3.63) is 66.0 Å². The molecule has 6 heteroatoms. The van der Waals surface area contributed by atoms with Crippen molar-refractivity contribution in [2.75, 3.05) is 57.3 Å². The molecule has 32 heavy (non-hydrogen) atoms. The van der Waals surface area contributed by atoms with Crippen LogP contribution < -0.4 is 10.2 Å². The second-order valence-electron chi connectivity index (χ2n) is 9.53. The maximum Gasteiger partial charge on any atom is 0.251 e. The number of halogens is 1. The highest BCUT2D eigenvalue weighted by molar-refractivity contribution is 5.94. The number of benzene rings is 2. The number of rotatable bonds is 6. The Morgan fingerprint density at radius 3 is 2.41 bits per heavy atom. The summed E-state index contributed by atoms with van der Waals surface area (Å²) in [6.45, 7) is 8.35. The van der Waals surface area contributed by atoms with E-state index >= 15 is 0 Å². The van der Waals surface area contributed by atoms with E-state index in [0.29, 0.717) is 6.04 Å². The van der Waals surface area contributed by atoms with E-state index in [9.17, 15) is 9.18 Å². The molecule has 2 aromatic rings. The summed E-state index contributed by atoms with van der Waals surface area (Å²) in [5, 5.41) is 3.15. The van der Waals surface area contributed by atoms with Crippen molar-refractivity contribution >= 4 is 11.6 Å². The number of piperidine rings is 3. The lowest BCUT2D eigenvalue weighted by atomic mass is 9.75. The third kappa shape index (κ3) is 4.81. The van der Waals surface area contributed by atoms with E-state index in [4.69, 9.17) is 0 Å². The Morgan fingerprint density at radius 2 is 1.72 bits per heavy atom. The van der Waals surface area contributed by atoms with Crippen LogP contribution in [0.4, 0.5) is 10.1 Å². The highest BCUT2D eigenvalue weighted by Gasteiger charge is 2.40. The molecule has 4 fully saturated rings. The molecule has 4 aliphatic rings. The number of fused-ring (bicyclic) bond motifs is 3. The quantitative estimate of drug-likeness (QED) is 0.756. The van der Waals surface area contributed by atoms with Crippen LogP contribution in [0.1, 0.15) is 23.2 Å². The molecule has 0 aromatic heterocycles. The van der Waals surface area contributed by atoms with Gasteiger partial charge in [-0.2, -0.15) is 0 Å². The molecule has 0 radical (unpaired) electrons. The Hall–Kier alpha value is -2.44. The Labute approximate surface area is 190 Å². The van der Waals surface area contributed by atoms with Gasteiger partial charge in [-0.15, -0.1) is 0 Å². The third-order valence-corrected chi connectivity index (χ3v) is 7.61. The van der Waals surface area contributed by atoms with Crippen molar-refractivity contribution in [1.82, 2.24) is 15.1 Å². The van der Waals surface area contributed by atoms with Crippen molar-refractivity contribution in [3.8, 4) is 0 Å². The van der Waals surface area contributed by atoms with Crippen molar-refractivity contribution in [2.24, 2.45) is 11.8 Å². The van der Waals surface area contributed by atoms with Gasteiger partial charge >= 0.3 is 0 Å². The minimum absolute atomic E-state index is 0.0313. The number of carbonyl (C=O) groups is 1. The predicted molar refractivity (Wildman–Crippen MR) is 125 cm³/mol. The summed E-state index contributed by atoms with van der Waals surface area (Å²) in [6, 6.07) is 16.8. The van der Waals surface area contributed by atoms with Gasteiger partial charge in [-0.1, -0.05) is 18.2 Å². The first kappa shape index (κ1) is 21.4. The average molecular weight is 437 g/mol. The third-order valence-electron chi connectivity index (χ3n) is 7.61.